The normalized spacial score (nSPS) is 14.4. The molecule has 0 saturated carbocycles. The Balaban J connectivity index is 6.24. The van der Waals surface area contributed by atoms with Crippen molar-refractivity contribution < 1.29 is 19.8 Å². The number of unbranched alkanes of at least 4 members (excludes halogenated alkanes) is 1. The summed E-state index contributed by atoms with van der Waals surface area (Å²) in [6.07, 6.45) is 14.0. The Labute approximate surface area is 227 Å². The second-order valence-corrected chi connectivity index (χ2v) is 11.7. The van der Waals surface area contributed by atoms with Crippen molar-refractivity contribution in [2.24, 2.45) is 23.2 Å². The number of Topliss-reactive ketones (excluding diaryl/α,β-unsaturated/α-hetero) is 1. The van der Waals surface area contributed by atoms with Gasteiger partial charge < -0.3 is 15.0 Å². The van der Waals surface area contributed by atoms with Crippen molar-refractivity contribution >= 4 is 12.1 Å². The molecule has 0 rings (SSSR count). The van der Waals surface area contributed by atoms with Gasteiger partial charge in [0.2, 0.25) is 0 Å². The maximum absolute atomic E-state index is 13.0. The lowest BCUT2D eigenvalue weighted by Gasteiger charge is -2.31. The highest BCUT2D eigenvalue weighted by Gasteiger charge is 2.37. The topological polar surface area (TPSA) is 74.6 Å². The van der Waals surface area contributed by atoms with Crippen LogP contribution in [0.3, 0.4) is 0 Å². The second kappa shape index (κ2) is 18.0. The third-order valence-corrected chi connectivity index (χ3v) is 6.92. The Morgan fingerprint density at radius 1 is 0.892 bits per heavy atom. The molecule has 0 heterocycles. The summed E-state index contributed by atoms with van der Waals surface area (Å²) in [6.45, 7) is 19.9. The fraction of sp³-hybridized carbons (Fsp3) is 0.636. The van der Waals surface area contributed by atoms with Gasteiger partial charge in [-0.3, -0.25) is 4.79 Å². The van der Waals surface area contributed by atoms with Crippen molar-refractivity contribution in [3.63, 3.8) is 0 Å². The SMILES string of the molecule is C=C/C=C\C(C)=C/CCCC(=O)/C(C)=C(O)/C(CCC(C)C)=C(/O)C(C=O)(CCC(C)C)CCC(C)C. The monoisotopic (exact) mass is 514 g/mol. The van der Waals surface area contributed by atoms with Crippen molar-refractivity contribution in [3.05, 3.63) is 59.1 Å². The Morgan fingerprint density at radius 2 is 1.43 bits per heavy atom. The zero-order chi connectivity index (χ0) is 28.6. The lowest BCUT2D eigenvalue weighted by molar-refractivity contribution is -0.117. The average molecular weight is 515 g/mol. The van der Waals surface area contributed by atoms with Crippen molar-refractivity contribution in [1.82, 2.24) is 0 Å². The number of allylic oxidation sites excluding steroid dienone is 8. The van der Waals surface area contributed by atoms with Gasteiger partial charge >= 0.3 is 0 Å². The number of aliphatic hydroxyl groups excluding tert-OH is 2. The Kier molecular flexibility index (Phi) is 16.8. The van der Waals surface area contributed by atoms with Crippen LogP contribution < -0.4 is 0 Å². The molecule has 0 aliphatic carbocycles. The molecule has 0 unspecified atom stereocenters. The van der Waals surface area contributed by atoms with Gasteiger partial charge in [0.1, 0.15) is 17.8 Å². The van der Waals surface area contributed by atoms with Crippen LogP contribution in [0.15, 0.2) is 59.1 Å². The predicted octanol–water partition coefficient (Wildman–Crippen LogP) is 9.55. The number of carbonyl (C=O) groups excluding carboxylic acids is 2. The molecule has 0 aromatic rings. The van der Waals surface area contributed by atoms with E-state index in [0.29, 0.717) is 55.4 Å². The molecule has 0 spiro atoms. The van der Waals surface area contributed by atoms with Crippen molar-refractivity contribution in [2.75, 3.05) is 0 Å². The van der Waals surface area contributed by atoms with Crippen molar-refractivity contribution in [1.29, 1.82) is 0 Å². The molecule has 0 bridgehead atoms. The molecule has 2 N–H and O–H groups in total. The molecule has 0 saturated heterocycles. The van der Waals surface area contributed by atoms with Crippen LogP contribution in [0.1, 0.15) is 113 Å². The van der Waals surface area contributed by atoms with Gasteiger partial charge in [-0.15, -0.1) is 0 Å². The third-order valence-electron chi connectivity index (χ3n) is 6.92. The molecule has 0 atom stereocenters. The van der Waals surface area contributed by atoms with E-state index in [2.05, 4.69) is 54.2 Å². The molecule has 0 radical (unpaired) electrons. The summed E-state index contributed by atoms with van der Waals surface area (Å²) >= 11 is 0. The van der Waals surface area contributed by atoms with E-state index >= 15 is 0 Å². The summed E-state index contributed by atoms with van der Waals surface area (Å²) in [5.74, 6) is 0.742. The van der Waals surface area contributed by atoms with Crippen molar-refractivity contribution in [3.8, 4) is 0 Å². The zero-order valence-corrected chi connectivity index (χ0v) is 24.9. The van der Waals surface area contributed by atoms with Gasteiger partial charge in [-0.25, -0.2) is 0 Å². The molecular weight excluding hydrogens is 460 g/mol. The number of hydrogen-bond acceptors (Lipinski definition) is 4. The van der Waals surface area contributed by atoms with E-state index in [1.807, 2.05) is 19.1 Å². The maximum atomic E-state index is 13.0. The van der Waals surface area contributed by atoms with Crippen LogP contribution >= 0.6 is 0 Å². The first kappa shape index (κ1) is 34.6. The zero-order valence-electron chi connectivity index (χ0n) is 24.9. The molecule has 0 aliphatic heterocycles. The molecule has 0 aromatic carbocycles. The molecule has 0 fully saturated rings. The first-order valence-electron chi connectivity index (χ1n) is 14.1. The minimum Gasteiger partial charge on any atom is -0.511 e. The van der Waals surface area contributed by atoms with Gasteiger partial charge in [0.15, 0.2) is 5.78 Å². The molecule has 0 aromatic heterocycles. The van der Waals surface area contributed by atoms with E-state index in [0.717, 1.165) is 37.5 Å². The Hall–Kier alpha value is -2.36. The molecule has 210 valence electrons. The van der Waals surface area contributed by atoms with E-state index < -0.39 is 5.41 Å². The molecule has 0 amide bonds. The van der Waals surface area contributed by atoms with Crippen LogP contribution in [0.2, 0.25) is 0 Å². The quantitative estimate of drug-likeness (QED) is 0.0591. The Bertz CT molecular complexity index is 838. The fourth-order valence-corrected chi connectivity index (χ4v) is 4.14. The van der Waals surface area contributed by atoms with E-state index in [4.69, 9.17) is 0 Å². The minimum atomic E-state index is -1.06. The van der Waals surface area contributed by atoms with Crippen molar-refractivity contribution in [2.45, 2.75) is 113 Å². The second-order valence-electron chi connectivity index (χ2n) is 11.7. The summed E-state index contributed by atoms with van der Waals surface area (Å²) in [7, 11) is 0. The number of rotatable bonds is 19. The standard InChI is InChI=1S/C33H54O4/c1-10-11-14-27(8)15-12-13-16-30(35)28(9)31(36)29(18-17-24(2)3)32(37)33(23-34,21-19-25(4)5)22-20-26(6)7/h10-11,14-15,23-26,36-37H,1,12-13,16-22H2,2-9H3/b14-11-,27-15-,31-28-,32-29+. The van der Waals surface area contributed by atoms with Crippen LogP contribution in [0.5, 0.6) is 0 Å². The first-order chi connectivity index (χ1) is 17.3. The van der Waals surface area contributed by atoms with Crippen LogP contribution in [0.4, 0.5) is 0 Å². The fourth-order valence-electron chi connectivity index (χ4n) is 4.14. The summed E-state index contributed by atoms with van der Waals surface area (Å²) in [6, 6.07) is 0. The van der Waals surface area contributed by atoms with Gasteiger partial charge in [-0.2, -0.15) is 0 Å². The maximum Gasteiger partial charge on any atom is 0.162 e. The largest absolute Gasteiger partial charge is 0.511 e. The van der Waals surface area contributed by atoms with Crippen LogP contribution in [-0.2, 0) is 9.59 Å². The molecule has 4 nitrogen and oxygen atoms in total. The number of aldehydes is 1. The first-order valence-corrected chi connectivity index (χ1v) is 14.1. The van der Waals surface area contributed by atoms with E-state index in [1.165, 1.54) is 0 Å². The number of hydrogen-bond donors (Lipinski definition) is 2. The summed E-state index contributed by atoms with van der Waals surface area (Å²) in [4.78, 5) is 25.6. The van der Waals surface area contributed by atoms with Crippen LogP contribution in [0.25, 0.3) is 0 Å². The summed E-state index contributed by atoms with van der Waals surface area (Å²) in [5.41, 5.74) is 0.660. The molecule has 0 aliphatic rings. The third kappa shape index (κ3) is 13.1. The van der Waals surface area contributed by atoms with Gasteiger partial charge in [0.25, 0.3) is 0 Å². The molecule has 37 heavy (non-hydrogen) atoms. The van der Waals surface area contributed by atoms with E-state index in [1.54, 1.807) is 13.0 Å². The van der Waals surface area contributed by atoms with Gasteiger partial charge in [-0.05, 0) is 83.0 Å². The molecule has 4 heteroatoms. The Morgan fingerprint density at radius 3 is 1.89 bits per heavy atom. The average Bonchev–Trinajstić information content (AvgIpc) is 2.84. The van der Waals surface area contributed by atoms with E-state index in [-0.39, 0.29) is 22.9 Å². The summed E-state index contributed by atoms with van der Waals surface area (Å²) in [5, 5.41) is 22.9. The number of aliphatic hydroxyl groups is 2. The van der Waals surface area contributed by atoms with Crippen LogP contribution in [0, 0.1) is 23.2 Å². The van der Waals surface area contributed by atoms with Crippen LogP contribution in [-0.4, -0.2) is 22.3 Å². The van der Waals surface area contributed by atoms with E-state index in [9.17, 15) is 19.8 Å². The smallest absolute Gasteiger partial charge is 0.162 e. The molecular formula is C33H54O4. The lowest BCUT2D eigenvalue weighted by atomic mass is 9.73. The minimum absolute atomic E-state index is 0.0540. The highest BCUT2D eigenvalue weighted by Crippen LogP contribution is 2.41. The highest BCUT2D eigenvalue weighted by molar-refractivity contribution is 5.95. The number of ketones is 1. The van der Waals surface area contributed by atoms with Gasteiger partial charge in [-0.1, -0.05) is 78.0 Å². The van der Waals surface area contributed by atoms with Gasteiger partial charge in [0, 0.05) is 17.6 Å². The lowest BCUT2D eigenvalue weighted by Crippen LogP contribution is -2.29. The number of carbonyl (C=O) groups is 2. The predicted molar refractivity (Wildman–Crippen MR) is 158 cm³/mol. The van der Waals surface area contributed by atoms with Gasteiger partial charge in [0.05, 0.1) is 5.41 Å². The summed E-state index contributed by atoms with van der Waals surface area (Å²) < 4.78 is 0. The highest BCUT2D eigenvalue weighted by atomic mass is 16.3.